The Bertz CT molecular complexity index is 484. The second-order valence-electron chi connectivity index (χ2n) is 4.38. The van der Waals surface area contributed by atoms with Crippen LogP contribution in [-0.2, 0) is 11.5 Å². The van der Waals surface area contributed by atoms with Crippen LogP contribution in [-0.4, -0.2) is 0 Å². The predicted molar refractivity (Wildman–Crippen MR) is 99.4 cm³/mol. The van der Waals surface area contributed by atoms with Gasteiger partial charge in [-0.15, -0.1) is 0 Å². The molecule has 0 nitrogen and oxygen atoms in total. The van der Waals surface area contributed by atoms with Crippen molar-refractivity contribution in [3.05, 3.63) is 83.9 Å². The highest BCUT2D eigenvalue weighted by molar-refractivity contribution is 7.97. The average molecular weight is 296 g/mol. The summed E-state index contributed by atoms with van der Waals surface area (Å²) in [6.07, 6.45) is 3.75. The topological polar surface area (TPSA) is 0 Å². The Kier molecular flexibility index (Phi) is 8.30. The molecule has 0 aliphatic carbocycles. The fraction of sp³-hybridized carbons (Fsp3) is 0.200. The van der Waals surface area contributed by atoms with E-state index in [1.807, 2.05) is 37.8 Å². The number of hydrogen-bond acceptors (Lipinski definition) is 1. The minimum absolute atomic E-state index is 1.04. The molecule has 0 N–H and O–H groups in total. The molecule has 2 aromatic rings. The van der Waals surface area contributed by atoms with Crippen LogP contribution in [0.4, 0.5) is 0 Å². The molecule has 0 radical (unpaired) electrons. The van der Waals surface area contributed by atoms with Gasteiger partial charge in [-0.2, -0.15) is 11.8 Å². The van der Waals surface area contributed by atoms with Crippen LogP contribution in [0.2, 0.25) is 0 Å². The first kappa shape index (κ1) is 17.3. The van der Waals surface area contributed by atoms with Gasteiger partial charge >= 0.3 is 0 Å². The third-order valence-corrected chi connectivity index (χ3v) is 4.04. The lowest BCUT2D eigenvalue weighted by molar-refractivity contribution is 1.36. The molecule has 0 heterocycles. The predicted octanol–water partition coefficient (Wildman–Crippen LogP) is 6.43. The van der Waals surface area contributed by atoms with Gasteiger partial charge in [0.15, 0.2) is 0 Å². The van der Waals surface area contributed by atoms with Crippen LogP contribution in [0.1, 0.15) is 36.1 Å². The van der Waals surface area contributed by atoms with Gasteiger partial charge in [-0.05, 0) is 22.3 Å². The van der Waals surface area contributed by atoms with Crippen molar-refractivity contribution in [1.82, 2.24) is 0 Å². The molecule has 0 amide bonds. The Morgan fingerprint density at radius 2 is 1.05 bits per heavy atom. The number of rotatable bonds is 6. The van der Waals surface area contributed by atoms with E-state index in [1.165, 1.54) is 22.3 Å². The normalized spacial score (nSPS) is 9.43. The first-order valence-corrected chi connectivity index (χ1v) is 8.48. The molecule has 0 atom stereocenters. The van der Waals surface area contributed by atoms with Crippen molar-refractivity contribution in [2.24, 2.45) is 0 Å². The molecule has 0 unspecified atom stereocenters. The Labute approximate surface area is 133 Å². The Morgan fingerprint density at radius 3 is 1.33 bits per heavy atom. The van der Waals surface area contributed by atoms with Crippen molar-refractivity contribution in [1.29, 1.82) is 0 Å². The zero-order valence-corrected chi connectivity index (χ0v) is 13.8. The van der Waals surface area contributed by atoms with Crippen LogP contribution in [0.15, 0.2) is 61.7 Å². The van der Waals surface area contributed by atoms with E-state index in [4.69, 9.17) is 0 Å². The molecule has 0 aliphatic rings. The lowest BCUT2D eigenvalue weighted by Gasteiger charge is -2.04. The van der Waals surface area contributed by atoms with Gasteiger partial charge in [0, 0.05) is 11.5 Å². The van der Waals surface area contributed by atoms with Crippen LogP contribution in [0.25, 0.3) is 12.2 Å². The SMILES string of the molecule is C=Cc1ccc(CSCc2ccc(C=C)cc2)cc1.CC. The molecule has 0 spiro atoms. The lowest BCUT2D eigenvalue weighted by atomic mass is 10.1. The van der Waals surface area contributed by atoms with E-state index < -0.39 is 0 Å². The van der Waals surface area contributed by atoms with Crippen molar-refractivity contribution in [2.75, 3.05) is 0 Å². The molecule has 1 heteroatoms. The van der Waals surface area contributed by atoms with Gasteiger partial charge in [-0.1, -0.05) is 87.7 Å². The van der Waals surface area contributed by atoms with Gasteiger partial charge in [-0.3, -0.25) is 0 Å². The van der Waals surface area contributed by atoms with Crippen molar-refractivity contribution in [3.8, 4) is 0 Å². The van der Waals surface area contributed by atoms with Gasteiger partial charge in [0.05, 0.1) is 0 Å². The van der Waals surface area contributed by atoms with E-state index in [1.54, 1.807) is 0 Å². The molecule has 0 aromatic heterocycles. The first-order chi connectivity index (χ1) is 10.3. The Hall–Kier alpha value is -1.73. The van der Waals surface area contributed by atoms with Crippen molar-refractivity contribution in [3.63, 3.8) is 0 Å². The monoisotopic (exact) mass is 296 g/mol. The summed E-state index contributed by atoms with van der Waals surface area (Å²) in [5, 5.41) is 0. The molecule has 0 bridgehead atoms. The third kappa shape index (κ3) is 6.05. The van der Waals surface area contributed by atoms with Crippen molar-refractivity contribution in [2.45, 2.75) is 25.4 Å². The minimum atomic E-state index is 1.04. The molecule has 0 saturated carbocycles. The van der Waals surface area contributed by atoms with Gasteiger partial charge in [0.1, 0.15) is 0 Å². The molecule has 110 valence electrons. The quantitative estimate of drug-likeness (QED) is 0.591. The van der Waals surface area contributed by atoms with Crippen LogP contribution in [0.5, 0.6) is 0 Å². The van der Waals surface area contributed by atoms with Gasteiger partial charge in [0.2, 0.25) is 0 Å². The van der Waals surface area contributed by atoms with E-state index in [9.17, 15) is 0 Å². The smallest absolute Gasteiger partial charge is 0.0187 e. The zero-order valence-electron chi connectivity index (χ0n) is 13.0. The van der Waals surface area contributed by atoms with E-state index in [-0.39, 0.29) is 0 Å². The maximum atomic E-state index is 3.76. The van der Waals surface area contributed by atoms with E-state index in [0.29, 0.717) is 0 Å². The van der Waals surface area contributed by atoms with Crippen LogP contribution < -0.4 is 0 Å². The summed E-state index contributed by atoms with van der Waals surface area (Å²) in [6.45, 7) is 11.5. The third-order valence-electron chi connectivity index (χ3n) is 2.97. The largest absolute Gasteiger partial charge is 0.152 e. The van der Waals surface area contributed by atoms with Gasteiger partial charge in [0.25, 0.3) is 0 Å². The van der Waals surface area contributed by atoms with E-state index >= 15 is 0 Å². The Balaban J connectivity index is 0.00000106. The summed E-state index contributed by atoms with van der Waals surface area (Å²) >= 11 is 1.93. The summed E-state index contributed by atoms with van der Waals surface area (Å²) < 4.78 is 0. The second kappa shape index (κ2) is 10.1. The molecule has 0 saturated heterocycles. The van der Waals surface area contributed by atoms with Crippen LogP contribution >= 0.6 is 11.8 Å². The van der Waals surface area contributed by atoms with E-state index in [0.717, 1.165) is 11.5 Å². The number of benzene rings is 2. The molecular formula is C20H24S. The average Bonchev–Trinajstić information content (AvgIpc) is 2.58. The highest BCUT2D eigenvalue weighted by Gasteiger charge is 1.96. The lowest BCUT2D eigenvalue weighted by Crippen LogP contribution is -1.84. The van der Waals surface area contributed by atoms with Crippen molar-refractivity contribution >= 4 is 23.9 Å². The standard InChI is InChI=1S/C18H18S.C2H6/c1-3-15-5-9-17(10-6-15)13-19-14-18-11-7-16(4-2)8-12-18;1-2/h3-12H,1-2,13-14H2;1-2H3. The Morgan fingerprint density at radius 1 is 0.714 bits per heavy atom. The molecule has 2 aromatic carbocycles. The minimum Gasteiger partial charge on any atom is -0.152 e. The molecule has 2 rings (SSSR count). The van der Waals surface area contributed by atoms with Gasteiger partial charge < -0.3 is 0 Å². The summed E-state index contributed by atoms with van der Waals surface area (Å²) in [7, 11) is 0. The van der Waals surface area contributed by atoms with Gasteiger partial charge in [-0.25, -0.2) is 0 Å². The van der Waals surface area contributed by atoms with Crippen LogP contribution in [0.3, 0.4) is 0 Å². The number of hydrogen-bond donors (Lipinski definition) is 0. The van der Waals surface area contributed by atoms with Crippen LogP contribution in [0, 0.1) is 0 Å². The summed E-state index contributed by atoms with van der Waals surface area (Å²) in [5.74, 6) is 2.08. The first-order valence-electron chi connectivity index (χ1n) is 7.32. The maximum absolute atomic E-state index is 3.76. The summed E-state index contributed by atoms with van der Waals surface area (Å²) in [5.41, 5.74) is 5.07. The zero-order chi connectivity index (χ0) is 15.5. The maximum Gasteiger partial charge on any atom is 0.0187 e. The fourth-order valence-corrected chi connectivity index (χ4v) is 2.74. The molecule has 0 aliphatic heterocycles. The molecule has 21 heavy (non-hydrogen) atoms. The summed E-state index contributed by atoms with van der Waals surface area (Å²) in [6, 6.07) is 17.1. The second-order valence-corrected chi connectivity index (χ2v) is 5.37. The molecule has 0 fully saturated rings. The highest BCUT2D eigenvalue weighted by Crippen LogP contribution is 2.19. The number of thioether (sulfide) groups is 1. The fourth-order valence-electron chi connectivity index (χ4n) is 1.79. The highest BCUT2D eigenvalue weighted by atomic mass is 32.2. The summed E-state index contributed by atoms with van der Waals surface area (Å²) in [4.78, 5) is 0. The van der Waals surface area contributed by atoms with Crippen molar-refractivity contribution < 1.29 is 0 Å². The van der Waals surface area contributed by atoms with E-state index in [2.05, 4.69) is 61.7 Å². The molecular weight excluding hydrogens is 272 g/mol.